The molecular formula is C11H12BF3O3. The standard InChI is InChI=1S/C11H12BF3O3/c1-8-6-16-12(17-7-8)9-2-4-10(5-3-9)18-11(13,14)15/h2-5,8H,6-7H2,1H3. The van der Waals surface area contributed by atoms with E-state index in [0.29, 0.717) is 24.6 Å². The topological polar surface area (TPSA) is 27.7 Å². The van der Waals surface area contributed by atoms with E-state index in [9.17, 15) is 13.2 Å². The first-order chi connectivity index (χ1) is 8.44. The summed E-state index contributed by atoms with van der Waals surface area (Å²) in [6.07, 6.45) is -4.67. The molecule has 0 unspecified atom stereocenters. The molecule has 0 saturated carbocycles. The summed E-state index contributed by atoms with van der Waals surface area (Å²) in [5.41, 5.74) is 0.677. The van der Waals surface area contributed by atoms with Crippen molar-refractivity contribution in [3.63, 3.8) is 0 Å². The minimum absolute atomic E-state index is 0.254. The molecule has 0 radical (unpaired) electrons. The first-order valence-corrected chi connectivity index (χ1v) is 5.53. The summed E-state index contributed by atoms with van der Waals surface area (Å²) in [5.74, 6) is 0.0736. The third kappa shape index (κ3) is 3.64. The Morgan fingerprint density at radius 3 is 2.22 bits per heavy atom. The van der Waals surface area contributed by atoms with Crippen molar-refractivity contribution >= 4 is 12.6 Å². The van der Waals surface area contributed by atoms with E-state index < -0.39 is 13.5 Å². The van der Waals surface area contributed by atoms with Crippen molar-refractivity contribution in [3.8, 4) is 5.75 Å². The van der Waals surface area contributed by atoms with Crippen LogP contribution in [-0.2, 0) is 9.31 Å². The number of alkyl halides is 3. The highest BCUT2D eigenvalue weighted by Gasteiger charge is 2.32. The largest absolute Gasteiger partial charge is 0.573 e. The van der Waals surface area contributed by atoms with Crippen LogP contribution < -0.4 is 10.2 Å². The van der Waals surface area contributed by atoms with Gasteiger partial charge in [-0.3, -0.25) is 0 Å². The van der Waals surface area contributed by atoms with Crippen LogP contribution in [0.2, 0.25) is 0 Å². The fraction of sp³-hybridized carbons (Fsp3) is 0.455. The van der Waals surface area contributed by atoms with Crippen LogP contribution in [0.4, 0.5) is 13.2 Å². The quantitative estimate of drug-likeness (QED) is 0.761. The maximum Gasteiger partial charge on any atom is 0.573 e. The summed E-state index contributed by atoms with van der Waals surface area (Å²) in [4.78, 5) is 0. The lowest BCUT2D eigenvalue weighted by Crippen LogP contribution is -2.43. The highest BCUT2D eigenvalue weighted by molar-refractivity contribution is 6.61. The van der Waals surface area contributed by atoms with Crippen molar-refractivity contribution in [2.24, 2.45) is 5.92 Å². The molecule has 0 spiro atoms. The third-order valence-electron chi connectivity index (χ3n) is 2.45. The van der Waals surface area contributed by atoms with E-state index in [1.807, 2.05) is 6.92 Å². The van der Waals surface area contributed by atoms with Gasteiger partial charge >= 0.3 is 13.5 Å². The van der Waals surface area contributed by atoms with Crippen LogP contribution in [0.1, 0.15) is 6.92 Å². The van der Waals surface area contributed by atoms with Gasteiger partial charge in [0.25, 0.3) is 0 Å². The van der Waals surface area contributed by atoms with E-state index in [1.165, 1.54) is 24.3 Å². The molecule has 1 aromatic rings. The van der Waals surface area contributed by atoms with Crippen LogP contribution in [-0.4, -0.2) is 26.7 Å². The highest BCUT2D eigenvalue weighted by atomic mass is 19.4. The van der Waals surface area contributed by atoms with E-state index in [0.717, 1.165) is 0 Å². The van der Waals surface area contributed by atoms with E-state index in [2.05, 4.69) is 4.74 Å². The summed E-state index contributed by atoms with van der Waals surface area (Å²) in [7, 11) is -0.513. The van der Waals surface area contributed by atoms with Crippen molar-refractivity contribution in [3.05, 3.63) is 24.3 Å². The highest BCUT2D eigenvalue weighted by Crippen LogP contribution is 2.21. The average Bonchev–Trinajstić information content (AvgIpc) is 2.29. The van der Waals surface area contributed by atoms with E-state index >= 15 is 0 Å². The van der Waals surface area contributed by atoms with Gasteiger partial charge in [0.05, 0.1) is 0 Å². The smallest absolute Gasteiger partial charge is 0.407 e. The Balaban J connectivity index is 1.99. The summed E-state index contributed by atoms with van der Waals surface area (Å²) in [6.45, 7) is 3.15. The van der Waals surface area contributed by atoms with Crippen molar-refractivity contribution < 1.29 is 27.2 Å². The minimum atomic E-state index is -4.67. The Hall–Kier alpha value is -1.21. The predicted molar refractivity (Wildman–Crippen MR) is 59.6 cm³/mol. The van der Waals surface area contributed by atoms with Gasteiger partial charge < -0.3 is 14.0 Å². The molecule has 1 fully saturated rings. The molecule has 98 valence electrons. The first-order valence-electron chi connectivity index (χ1n) is 5.53. The molecule has 0 atom stereocenters. The second kappa shape index (κ2) is 5.20. The fourth-order valence-electron chi connectivity index (χ4n) is 1.62. The van der Waals surface area contributed by atoms with E-state index in [4.69, 9.17) is 9.31 Å². The Morgan fingerprint density at radius 1 is 1.17 bits per heavy atom. The van der Waals surface area contributed by atoms with Gasteiger partial charge in [0.2, 0.25) is 0 Å². The van der Waals surface area contributed by atoms with Crippen molar-refractivity contribution in [2.75, 3.05) is 13.2 Å². The molecule has 18 heavy (non-hydrogen) atoms. The zero-order valence-corrected chi connectivity index (χ0v) is 9.74. The summed E-state index contributed by atoms with van der Waals surface area (Å²) in [5, 5.41) is 0. The van der Waals surface area contributed by atoms with Gasteiger partial charge in [-0.05, 0) is 23.5 Å². The summed E-state index contributed by atoms with van der Waals surface area (Å²) >= 11 is 0. The molecule has 1 saturated heterocycles. The predicted octanol–water partition coefficient (Wildman–Crippen LogP) is 1.96. The summed E-state index contributed by atoms with van der Waals surface area (Å²) < 4.78 is 50.5. The number of benzene rings is 1. The zero-order valence-electron chi connectivity index (χ0n) is 9.74. The lowest BCUT2D eigenvalue weighted by Gasteiger charge is -2.24. The van der Waals surface area contributed by atoms with Crippen molar-refractivity contribution in [1.82, 2.24) is 0 Å². The number of hydrogen-bond acceptors (Lipinski definition) is 3. The van der Waals surface area contributed by atoms with E-state index in [-0.39, 0.29) is 5.75 Å². The van der Waals surface area contributed by atoms with Gasteiger partial charge in [-0.15, -0.1) is 13.2 Å². The molecule has 2 rings (SSSR count). The summed E-state index contributed by atoms with van der Waals surface area (Å²) in [6, 6.07) is 5.49. The minimum Gasteiger partial charge on any atom is -0.407 e. The molecule has 7 heteroatoms. The molecule has 0 amide bonds. The van der Waals surface area contributed by atoms with Crippen LogP contribution in [0.5, 0.6) is 5.75 Å². The molecule has 3 nitrogen and oxygen atoms in total. The SMILES string of the molecule is CC1COB(c2ccc(OC(F)(F)F)cc2)OC1. The third-order valence-corrected chi connectivity index (χ3v) is 2.45. The zero-order chi connectivity index (χ0) is 13.2. The molecule has 0 aliphatic carbocycles. The van der Waals surface area contributed by atoms with Crippen LogP contribution in [0.3, 0.4) is 0 Å². The second-order valence-corrected chi connectivity index (χ2v) is 4.22. The Labute approximate surface area is 103 Å². The maximum absolute atomic E-state index is 12.0. The Kier molecular flexibility index (Phi) is 3.82. The number of rotatable bonds is 2. The molecule has 0 N–H and O–H groups in total. The average molecular weight is 260 g/mol. The number of halogens is 3. The lowest BCUT2D eigenvalue weighted by atomic mass is 9.77. The van der Waals surface area contributed by atoms with Gasteiger partial charge in [-0.1, -0.05) is 19.1 Å². The van der Waals surface area contributed by atoms with Crippen LogP contribution in [0, 0.1) is 5.92 Å². The van der Waals surface area contributed by atoms with Gasteiger partial charge in [0.15, 0.2) is 0 Å². The molecule has 1 aromatic carbocycles. The first kappa shape index (κ1) is 13.2. The van der Waals surface area contributed by atoms with Gasteiger partial charge in [-0.25, -0.2) is 0 Å². The van der Waals surface area contributed by atoms with Gasteiger partial charge in [0, 0.05) is 13.2 Å². The Morgan fingerprint density at radius 2 is 1.72 bits per heavy atom. The maximum atomic E-state index is 12.0. The number of ether oxygens (including phenoxy) is 1. The van der Waals surface area contributed by atoms with Gasteiger partial charge in [-0.2, -0.15) is 0 Å². The molecule has 0 bridgehead atoms. The van der Waals surface area contributed by atoms with Crippen LogP contribution in [0.15, 0.2) is 24.3 Å². The molecule has 0 aromatic heterocycles. The fourth-order valence-corrected chi connectivity index (χ4v) is 1.62. The lowest BCUT2D eigenvalue weighted by molar-refractivity contribution is -0.274. The normalized spacial score (nSPS) is 17.9. The molecular weight excluding hydrogens is 248 g/mol. The second-order valence-electron chi connectivity index (χ2n) is 4.22. The Bertz CT molecular complexity index is 386. The van der Waals surface area contributed by atoms with Crippen LogP contribution in [0.25, 0.3) is 0 Å². The number of hydrogen-bond donors (Lipinski definition) is 0. The monoisotopic (exact) mass is 260 g/mol. The molecule has 1 aliphatic heterocycles. The van der Waals surface area contributed by atoms with Crippen molar-refractivity contribution in [1.29, 1.82) is 0 Å². The van der Waals surface area contributed by atoms with Crippen molar-refractivity contribution in [2.45, 2.75) is 13.3 Å². The van der Waals surface area contributed by atoms with Crippen LogP contribution >= 0.6 is 0 Å². The van der Waals surface area contributed by atoms with Gasteiger partial charge in [0.1, 0.15) is 5.75 Å². The molecule has 1 heterocycles. The molecule has 1 aliphatic rings. The van der Waals surface area contributed by atoms with E-state index in [1.54, 1.807) is 0 Å².